The third kappa shape index (κ3) is 4.24. The first-order valence-electron chi connectivity index (χ1n) is 8.35. The second kappa shape index (κ2) is 8.28. The quantitative estimate of drug-likeness (QED) is 0.483. The molecule has 3 heterocycles. The fourth-order valence-electron chi connectivity index (χ4n) is 2.56. The van der Waals surface area contributed by atoms with Crippen molar-refractivity contribution in [3.05, 3.63) is 63.0 Å². The normalized spacial score (nSPS) is 12.6. The Bertz CT molecular complexity index is 1010. The molecule has 2 aromatic heterocycles. The van der Waals surface area contributed by atoms with Crippen molar-refractivity contribution < 1.29 is 23.8 Å². The summed E-state index contributed by atoms with van der Waals surface area (Å²) >= 11 is 2.96. The third-order valence-corrected chi connectivity index (χ3v) is 5.55. The maximum absolute atomic E-state index is 12.6. The molecule has 0 radical (unpaired) electrons. The molecule has 1 aliphatic rings. The van der Waals surface area contributed by atoms with Crippen LogP contribution in [-0.2, 0) is 14.3 Å². The second-order valence-corrected chi connectivity index (χ2v) is 7.67. The van der Waals surface area contributed by atoms with Crippen molar-refractivity contribution in [2.24, 2.45) is 0 Å². The van der Waals surface area contributed by atoms with Gasteiger partial charge in [0.05, 0.1) is 5.57 Å². The molecule has 142 valence electrons. The molecule has 0 saturated carbocycles. The lowest BCUT2D eigenvalue weighted by Crippen LogP contribution is -2.21. The minimum Gasteiger partial charge on any atom is -0.454 e. The van der Waals surface area contributed by atoms with Crippen LogP contribution in [0.2, 0.25) is 0 Å². The summed E-state index contributed by atoms with van der Waals surface area (Å²) < 4.78 is 15.8. The van der Waals surface area contributed by atoms with Crippen LogP contribution in [0.1, 0.15) is 9.75 Å². The van der Waals surface area contributed by atoms with Gasteiger partial charge >= 0.3 is 5.97 Å². The van der Waals surface area contributed by atoms with Gasteiger partial charge in [-0.05, 0) is 41.1 Å². The molecule has 0 atom stereocenters. The summed E-state index contributed by atoms with van der Waals surface area (Å²) in [5.74, 6) is 0.211. The van der Waals surface area contributed by atoms with Gasteiger partial charge in [-0.2, -0.15) is 0 Å². The molecule has 0 aliphatic carbocycles. The molecule has 0 fully saturated rings. The van der Waals surface area contributed by atoms with E-state index in [1.165, 1.54) is 22.7 Å². The van der Waals surface area contributed by atoms with Crippen molar-refractivity contribution in [1.29, 1.82) is 0 Å². The average molecular weight is 413 g/mol. The largest absolute Gasteiger partial charge is 0.454 e. The Hall–Kier alpha value is -3.10. The summed E-state index contributed by atoms with van der Waals surface area (Å²) in [6.45, 7) is -0.229. The molecule has 28 heavy (non-hydrogen) atoms. The Balaban J connectivity index is 1.40. The van der Waals surface area contributed by atoms with Gasteiger partial charge in [0.2, 0.25) is 6.79 Å². The molecule has 0 bridgehead atoms. The number of esters is 1. The van der Waals surface area contributed by atoms with Gasteiger partial charge in [0.15, 0.2) is 18.1 Å². The van der Waals surface area contributed by atoms with E-state index in [0.29, 0.717) is 22.8 Å². The van der Waals surface area contributed by atoms with Gasteiger partial charge in [-0.1, -0.05) is 12.1 Å². The van der Waals surface area contributed by atoms with Crippen LogP contribution in [0.25, 0.3) is 11.6 Å². The highest BCUT2D eigenvalue weighted by molar-refractivity contribution is 7.12. The van der Waals surface area contributed by atoms with E-state index in [9.17, 15) is 9.59 Å². The molecule has 3 aromatic rings. The lowest BCUT2D eigenvalue weighted by molar-refractivity contribution is -0.141. The Labute approximate surface area is 169 Å². The summed E-state index contributed by atoms with van der Waals surface area (Å²) in [5.41, 5.74) is 0.964. The number of carbonyl (C=O) groups excluding carboxylic acids is 2. The molecule has 0 spiro atoms. The van der Waals surface area contributed by atoms with E-state index in [4.69, 9.17) is 14.2 Å². The predicted molar refractivity (Wildman–Crippen MR) is 109 cm³/mol. The molecule has 6 nitrogen and oxygen atoms in total. The van der Waals surface area contributed by atoms with Gasteiger partial charge in [-0.15, -0.1) is 22.7 Å². The maximum Gasteiger partial charge on any atom is 0.340 e. The zero-order valence-electron chi connectivity index (χ0n) is 14.5. The Morgan fingerprint density at radius 1 is 1.07 bits per heavy atom. The highest BCUT2D eigenvalue weighted by Gasteiger charge is 2.18. The van der Waals surface area contributed by atoms with Crippen molar-refractivity contribution >= 4 is 51.9 Å². The average Bonchev–Trinajstić information content (AvgIpc) is 3.46. The van der Waals surface area contributed by atoms with E-state index in [1.54, 1.807) is 24.3 Å². The Kier molecular flexibility index (Phi) is 5.41. The number of rotatable bonds is 6. The van der Waals surface area contributed by atoms with Crippen LogP contribution in [-0.4, -0.2) is 25.3 Å². The number of thiophene rings is 2. The Morgan fingerprint density at radius 2 is 1.89 bits per heavy atom. The minimum atomic E-state index is -0.545. The molecular formula is C20H15NO5S2. The predicted octanol–water partition coefficient (Wildman–Crippen LogP) is 4.26. The first-order chi connectivity index (χ1) is 13.7. The third-order valence-electron chi connectivity index (χ3n) is 3.83. The van der Waals surface area contributed by atoms with Gasteiger partial charge in [-0.25, -0.2) is 4.79 Å². The summed E-state index contributed by atoms with van der Waals surface area (Å²) in [7, 11) is 0. The number of hydrogen-bond donors (Lipinski definition) is 1. The highest BCUT2D eigenvalue weighted by atomic mass is 32.1. The van der Waals surface area contributed by atoms with Gasteiger partial charge in [0, 0.05) is 21.5 Å². The summed E-state index contributed by atoms with van der Waals surface area (Å²) in [4.78, 5) is 26.5. The van der Waals surface area contributed by atoms with Crippen molar-refractivity contribution in [3.8, 4) is 11.5 Å². The summed E-state index contributed by atoms with van der Waals surface area (Å²) in [5, 5.41) is 6.50. The number of fused-ring (bicyclic) bond motifs is 1. The zero-order chi connectivity index (χ0) is 19.3. The molecule has 1 aromatic carbocycles. The van der Waals surface area contributed by atoms with Crippen LogP contribution in [0.5, 0.6) is 11.5 Å². The topological polar surface area (TPSA) is 73.9 Å². The molecule has 0 saturated heterocycles. The highest BCUT2D eigenvalue weighted by Crippen LogP contribution is 2.34. The van der Waals surface area contributed by atoms with Gasteiger partial charge in [-0.3, -0.25) is 4.79 Å². The number of hydrogen-bond acceptors (Lipinski definition) is 7. The maximum atomic E-state index is 12.6. The number of anilines is 1. The zero-order valence-corrected chi connectivity index (χ0v) is 16.2. The first-order valence-corrected chi connectivity index (χ1v) is 10.1. The number of nitrogens with one attached hydrogen (secondary N) is 1. The van der Waals surface area contributed by atoms with E-state index in [2.05, 4.69) is 5.32 Å². The lowest BCUT2D eigenvalue weighted by atomic mass is 10.2. The van der Waals surface area contributed by atoms with Crippen LogP contribution in [0.3, 0.4) is 0 Å². The van der Waals surface area contributed by atoms with Crippen molar-refractivity contribution in [1.82, 2.24) is 0 Å². The monoisotopic (exact) mass is 413 g/mol. The molecule has 0 unspecified atom stereocenters. The van der Waals surface area contributed by atoms with Crippen LogP contribution in [0.4, 0.5) is 5.69 Å². The Morgan fingerprint density at radius 3 is 2.68 bits per heavy atom. The number of amides is 1. The fourth-order valence-corrected chi connectivity index (χ4v) is 3.95. The van der Waals surface area contributed by atoms with Crippen LogP contribution >= 0.6 is 22.7 Å². The van der Waals surface area contributed by atoms with Gasteiger partial charge in [0.1, 0.15) is 0 Å². The molecule has 8 heteroatoms. The van der Waals surface area contributed by atoms with Crippen LogP contribution < -0.4 is 14.8 Å². The van der Waals surface area contributed by atoms with Crippen molar-refractivity contribution in [2.75, 3.05) is 18.7 Å². The number of ether oxygens (including phenoxy) is 3. The van der Waals surface area contributed by atoms with E-state index in [-0.39, 0.29) is 13.4 Å². The SMILES string of the molecule is O=C(COC(=O)C(=Cc1cccs1)c1cccs1)Nc1ccc2c(c1)OCO2. The van der Waals surface area contributed by atoms with E-state index in [1.807, 2.05) is 35.0 Å². The standard InChI is InChI=1S/C20H15NO5S2/c22-19(21-13-5-6-16-17(9-13)26-12-25-16)11-24-20(23)15(18-4-2-8-28-18)10-14-3-1-7-27-14/h1-10H,11-12H2,(H,21,22). The smallest absolute Gasteiger partial charge is 0.340 e. The molecule has 1 aliphatic heterocycles. The van der Waals surface area contributed by atoms with Gasteiger partial charge < -0.3 is 19.5 Å². The van der Waals surface area contributed by atoms with E-state index < -0.39 is 11.9 Å². The van der Waals surface area contributed by atoms with Crippen LogP contribution in [0.15, 0.2) is 53.2 Å². The molecular weight excluding hydrogens is 398 g/mol. The molecule has 1 amide bonds. The summed E-state index contributed by atoms with van der Waals surface area (Å²) in [6.07, 6.45) is 1.77. The number of benzene rings is 1. The van der Waals surface area contributed by atoms with E-state index >= 15 is 0 Å². The summed E-state index contributed by atoms with van der Waals surface area (Å²) in [6, 6.07) is 12.6. The molecule has 4 rings (SSSR count). The van der Waals surface area contributed by atoms with Gasteiger partial charge in [0.25, 0.3) is 5.91 Å². The second-order valence-electron chi connectivity index (χ2n) is 5.74. The number of carbonyl (C=O) groups is 2. The van der Waals surface area contributed by atoms with Crippen LogP contribution in [0, 0.1) is 0 Å². The van der Waals surface area contributed by atoms with E-state index in [0.717, 1.165) is 9.75 Å². The minimum absolute atomic E-state index is 0.159. The lowest BCUT2D eigenvalue weighted by Gasteiger charge is -2.08. The van der Waals surface area contributed by atoms with Crippen molar-refractivity contribution in [3.63, 3.8) is 0 Å². The molecule has 1 N–H and O–H groups in total. The first kappa shape index (κ1) is 18.3. The van der Waals surface area contributed by atoms with Crippen molar-refractivity contribution in [2.45, 2.75) is 0 Å². The fraction of sp³-hybridized carbons (Fsp3) is 0.100.